The number of ether oxygens (including phenoxy) is 1. The van der Waals surface area contributed by atoms with Gasteiger partial charge in [-0.1, -0.05) is 6.92 Å². The Morgan fingerprint density at radius 2 is 2.28 bits per heavy atom. The number of nitrogens with one attached hydrogen (secondary N) is 1. The first kappa shape index (κ1) is 14.2. The van der Waals surface area contributed by atoms with Crippen molar-refractivity contribution in [1.29, 1.82) is 0 Å². The van der Waals surface area contributed by atoms with Crippen LogP contribution in [0.3, 0.4) is 0 Å². The third kappa shape index (κ3) is 3.30. The number of hydrogen-bond donors (Lipinski definition) is 2. The summed E-state index contributed by atoms with van der Waals surface area (Å²) < 4.78 is 18.4. The molecule has 0 radical (unpaired) electrons. The number of hydrogen-bond acceptors (Lipinski definition) is 5. The van der Waals surface area contributed by atoms with E-state index in [-0.39, 0.29) is 24.0 Å². The quantitative estimate of drug-likeness (QED) is 0.600. The van der Waals surface area contributed by atoms with Crippen molar-refractivity contribution in [2.45, 2.75) is 6.92 Å². The second kappa shape index (κ2) is 6.15. The Morgan fingerprint density at radius 3 is 2.78 bits per heavy atom. The molecule has 18 heavy (non-hydrogen) atoms. The average molecular weight is 258 g/mol. The zero-order valence-electron chi connectivity index (χ0n) is 10.1. The molecule has 1 unspecified atom stereocenters. The first-order valence-electron chi connectivity index (χ1n) is 5.36. The van der Waals surface area contributed by atoms with Gasteiger partial charge in [0, 0.05) is 19.2 Å². The number of methoxy groups -OCH3 is 1. The van der Waals surface area contributed by atoms with Crippen LogP contribution in [-0.2, 0) is 0 Å². The summed E-state index contributed by atoms with van der Waals surface area (Å²) in [5, 5.41) is 22.3. The van der Waals surface area contributed by atoms with Crippen LogP contribution in [0.5, 0.6) is 5.75 Å². The van der Waals surface area contributed by atoms with Gasteiger partial charge in [0.2, 0.25) is 0 Å². The molecule has 0 aliphatic carbocycles. The van der Waals surface area contributed by atoms with Gasteiger partial charge >= 0.3 is 5.69 Å². The van der Waals surface area contributed by atoms with E-state index in [0.717, 1.165) is 6.07 Å². The topological polar surface area (TPSA) is 84.6 Å². The van der Waals surface area contributed by atoms with Crippen LogP contribution in [0.4, 0.5) is 15.8 Å². The minimum atomic E-state index is -0.729. The molecule has 0 spiro atoms. The van der Waals surface area contributed by atoms with Crippen LogP contribution in [0.2, 0.25) is 0 Å². The highest BCUT2D eigenvalue weighted by atomic mass is 19.1. The van der Waals surface area contributed by atoms with E-state index >= 15 is 0 Å². The summed E-state index contributed by atoms with van der Waals surface area (Å²) in [6.07, 6.45) is 0. The molecule has 7 heteroatoms. The van der Waals surface area contributed by atoms with Gasteiger partial charge in [0.05, 0.1) is 23.8 Å². The van der Waals surface area contributed by atoms with Crippen LogP contribution < -0.4 is 10.1 Å². The third-order valence-electron chi connectivity index (χ3n) is 2.42. The molecule has 1 atom stereocenters. The maximum atomic E-state index is 13.6. The number of nitrogens with zero attached hydrogens (tertiary/aromatic N) is 1. The Bertz CT molecular complexity index is 439. The molecule has 0 fully saturated rings. The molecule has 0 saturated heterocycles. The van der Waals surface area contributed by atoms with Crippen LogP contribution in [0, 0.1) is 21.8 Å². The number of benzene rings is 1. The van der Waals surface area contributed by atoms with Gasteiger partial charge in [-0.3, -0.25) is 10.1 Å². The number of nitro groups is 1. The van der Waals surface area contributed by atoms with E-state index in [1.54, 1.807) is 6.92 Å². The second-order valence-electron chi connectivity index (χ2n) is 3.93. The molecule has 0 saturated carbocycles. The molecule has 0 heterocycles. The Hall–Kier alpha value is -1.89. The third-order valence-corrected chi connectivity index (χ3v) is 2.42. The lowest BCUT2D eigenvalue weighted by Crippen LogP contribution is -2.15. The highest BCUT2D eigenvalue weighted by molar-refractivity contribution is 5.59. The van der Waals surface area contributed by atoms with Gasteiger partial charge in [0.15, 0.2) is 11.6 Å². The molecule has 0 aliphatic rings. The summed E-state index contributed by atoms with van der Waals surface area (Å²) in [5.41, 5.74) is -0.312. The minimum Gasteiger partial charge on any atom is -0.490 e. The fraction of sp³-hybridized carbons (Fsp3) is 0.455. The second-order valence-corrected chi connectivity index (χ2v) is 3.93. The van der Waals surface area contributed by atoms with Crippen molar-refractivity contribution in [3.8, 4) is 5.75 Å². The predicted molar refractivity (Wildman–Crippen MR) is 64.3 cm³/mol. The van der Waals surface area contributed by atoms with Gasteiger partial charge in [-0.05, 0) is 5.92 Å². The van der Waals surface area contributed by atoms with Crippen molar-refractivity contribution < 1.29 is 19.2 Å². The molecule has 100 valence electrons. The Balaban J connectivity index is 2.97. The van der Waals surface area contributed by atoms with E-state index in [0.29, 0.717) is 6.54 Å². The van der Waals surface area contributed by atoms with Gasteiger partial charge in [-0.2, -0.15) is 0 Å². The van der Waals surface area contributed by atoms with Gasteiger partial charge in [-0.15, -0.1) is 0 Å². The van der Waals surface area contributed by atoms with Crippen molar-refractivity contribution in [2.24, 2.45) is 5.92 Å². The number of aliphatic hydroxyl groups is 1. The number of aliphatic hydroxyl groups excluding tert-OH is 1. The minimum absolute atomic E-state index is 0.0134. The molecular formula is C11H15FN2O4. The average Bonchev–Trinajstić information content (AvgIpc) is 2.36. The largest absolute Gasteiger partial charge is 0.490 e. The van der Waals surface area contributed by atoms with Crippen molar-refractivity contribution in [2.75, 3.05) is 25.6 Å². The van der Waals surface area contributed by atoms with Crippen LogP contribution in [0.15, 0.2) is 12.1 Å². The molecule has 0 bridgehead atoms. The lowest BCUT2D eigenvalue weighted by Gasteiger charge is -2.12. The Labute approximate surface area is 104 Å². The van der Waals surface area contributed by atoms with E-state index < -0.39 is 16.4 Å². The first-order chi connectivity index (χ1) is 8.49. The van der Waals surface area contributed by atoms with Crippen molar-refractivity contribution in [3.05, 3.63) is 28.1 Å². The van der Waals surface area contributed by atoms with E-state index in [1.807, 2.05) is 0 Å². The monoisotopic (exact) mass is 258 g/mol. The lowest BCUT2D eigenvalue weighted by atomic mass is 10.2. The molecule has 1 aromatic carbocycles. The number of nitro benzene ring substituents is 1. The molecule has 1 rings (SSSR count). The SMILES string of the molecule is COc1cc(NCC(C)CO)c(F)cc1[N+](=O)[O-]. The standard InChI is InChI=1S/C11H15FN2O4/c1-7(6-15)5-13-9-4-11(18-2)10(14(16)17)3-8(9)12/h3-4,7,13,15H,5-6H2,1-2H3. The Morgan fingerprint density at radius 1 is 1.61 bits per heavy atom. The normalized spacial score (nSPS) is 12.0. The molecule has 1 aromatic rings. The summed E-state index contributed by atoms with van der Waals surface area (Å²) in [6.45, 7) is 2.11. The number of anilines is 1. The fourth-order valence-corrected chi connectivity index (χ4v) is 1.33. The molecular weight excluding hydrogens is 243 g/mol. The van der Waals surface area contributed by atoms with Crippen molar-refractivity contribution in [3.63, 3.8) is 0 Å². The lowest BCUT2D eigenvalue weighted by molar-refractivity contribution is -0.385. The van der Waals surface area contributed by atoms with Crippen LogP contribution in [-0.4, -0.2) is 30.3 Å². The van der Waals surface area contributed by atoms with Gasteiger partial charge < -0.3 is 15.2 Å². The zero-order chi connectivity index (χ0) is 13.7. The van der Waals surface area contributed by atoms with Crippen molar-refractivity contribution in [1.82, 2.24) is 0 Å². The van der Waals surface area contributed by atoms with Crippen molar-refractivity contribution >= 4 is 11.4 Å². The molecule has 6 nitrogen and oxygen atoms in total. The summed E-state index contributed by atoms with van der Waals surface area (Å²) >= 11 is 0. The summed E-state index contributed by atoms with van der Waals surface area (Å²) in [5.74, 6) is -0.793. The van der Waals surface area contributed by atoms with Crippen LogP contribution >= 0.6 is 0 Å². The highest BCUT2D eigenvalue weighted by Crippen LogP contribution is 2.32. The van der Waals surface area contributed by atoms with E-state index in [4.69, 9.17) is 9.84 Å². The number of rotatable bonds is 6. The van der Waals surface area contributed by atoms with Crippen LogP contribution in [0.1, 0.15) is 6.92 Å². The zero-order valence-corrected chi connectivity index (χ0v) is 10.1. The smallest absolute Gasteiger partial charge is 0.313 e. The first-order valence-corrected chi connectivity index (χ1v) is 5.36. The van der Waals surface area contributed by atoms with E-state index in [1.165, 1.54) is 13.2 Å². The fourth-order valence-electron chi connectivity index (χ4n) is 1.33. The van der Waals surface area contributed by atoms with E-state index in [9.17, 15) is 14.5 Å². The van der Waals surface area contributed by atoms with Gasteiger partial charge in [-0.25, -0.2) is 4.39 Å². The van der Waals surface area contributed by atoms with Gasteiger partial charge in [0.25, 0.3) is 0 Å². The summed E-state index contributed by atoms with van der Waals surface area (Å²) in [7, 11) is 1.28. The Kier molecular flexibility index (Phi) is 4.85. The summed E-state index contributed by atoms with van der Waals surface area (Å²) in [4.78, 5) is 9.96. The number of halogens is 1. The molecule has 0 aliphatic heterocycles. The summed E-state index contributed by atoms with van der Waals surface area (Å²) in [6, 6.07) is 2.04. The molecule has 0 amide bonds. The van der Waals surface area contributed by atoms with E-state index in [2.05, 4.69) is 5.32 Å². The maximum absolute atomic E-state index is 13.6. The predicted octanol–water partition coefficient (Wildman–Crippen LogP) is 1.78. The van der Waals surface area contributed by atoms with Gasteiger partial charge in [0.1, 0.15) is 0 Å². The maximum Gasteiger partial charge on any atom is 0.313 e. The molecule has 2 N–H and O–H groups in total. The van der Waals surface area contributed by atoms with Crippen LogP contribution in [0.25, 0.3) is 0 Å². The molecule has 0 aromatic heterocycles. The highest BCUT2D eigenvalue weighted by Gasteiger charge is 2.19.